The van der Waals surface area contributed by atoms with E-state index in [1.54, 1.807) is 0 Å². The van der Waals surface area contributed by atoms with Crippen LogP contribution < -0.4 is 0 Å². The van der Waals surface area contributed by atoms with Crippen LogP contribution in [0.15, 0.2) is 0 Å². The Morgan fingerprint density at radius 1 is 1.50 bits per heavy atom. The summed E-state index contributed by atoms with van der Waals surface area (Å²) in [6.07, 6.45) is 2.52. The summed E-state index contributed by atoms with van der Waals surface area (Å²) in [5.74, 6) is 0. The van der Waals surface area contributed by atoms with Crippen molar-refractivity contribution in [1.29, 1.82) is 0 Å². The summed E-state index contributed by atoms with van der Waals surface area (Å²) >= 11 is 0. The Hall–Kier alpha value is 0.110. The Labute approximate surface area is 60.3 Å². The fraction of sp³-hybridized carbons (Fsp3) is 1.00. The molecule has 0 heterocycles. The summed E-state index contributed by atoms with van der Waals surface area (Å²) in [6, 6.07) is 0. The summed E-state index contributed by atoms with van der Waals surface area (Å²) in [4.78, 5) is 8.63. The zero-order valence-electron chi connectivity index (χ0n) is 5.99. The zero-order valence-corrected chi connectivity index (χ0v) is 6.88. The van der Waals surface area contributed by atoms with Crippen LogP contribution in [0.5, 0.6) is 0 Å². The van der Waals surface area contributed by atoms with Gasteiger partial charge in [-0.05, 0) is 6.42 Å². The molecule has 0 aromatic heterocycles. The Kier molecular flexibility index (Phi) is 4.91. The van der Waals surface area contributed by atoms with E-state index in [1.807, 2.05) is 6.92 Å². The molecule has 0 spiro atoms. The van der Waals surface area contributed by atoms with Gasteiger partial charge in [-0.1, -0.05) is 19.8 Å². The fourth-order valence-electron chi connectivity index (χ4n) is 0.602. The van der Waals surface area contributed by atoms with Crippen molar-refractivity contribution in [2.24, 2.45) is 0 Å². The van der Waals surface area contributed by atoms with Crippen molar-refractivity contribution in [3.63, 3.8) is 0 Å². The van der Waals surface area contributed by atoms with Gasteiger partial charge in [0.15, 0.2) is 0 Å². The molecule has 0 aliphatic heterocycles. The second-order valence-corrected chi connectivity index (χ2v) is 4.04. The molecule has 1 atom stereocenters. The first-order valence-corrected chi connectivity index (χ1v) is 5.03. The molecule has 0 radical (unpaired) electrons. The second-order valence-electron chi connectivity index (χ2n) is 2.15. The minimum Gasteiger partial charge on any atom is -0.323 e. The predicted molar refractivity (Wildman–Crippen MR) is 37.9 cm³/mol. The van der Waals surface area contributed by atoms with Gasteiger partial charge >= 0.3 is 7.60 Å². The lowest BCUT2D eigenvalue weighted by Crippen LogP contribution is -1.90. The number of hydrogen-bond donors (Lipinski definition) is 2. The van der Waals surface area contributed by atoms with Gasteiger partial charge in [0.25, 0.3) is 0 Å². The predicted octanol–water partition coefficient (Wildman–Crippen LogP) is 1.85. The van der Waals surface area contributed by atoms with Crippen LogP contribution in [0.3, 0.4) is 0 Å². The van der Waals surface area contributed by atoms with Crippen LogP contribution in [0.4, 0.5) is 0 Å². The monoisotopic (exact) mass is 168 g/mol. The molecule has 2 N–H and O–H groups in total. The highest BCUT2D eigenvalue weighted by molar-refractivity contribution is 7.52. The van der Waals surface area contributed by atoms with E-state index in [-0.39, 0.29) is 6.16 Å². The first kappa shape index (κ1) is 10.1. The van der Waals surface area contributed by atoms with E-state index in [1.165, 1.54) is 0 Å². The average molecular weight is 168 g/mol. The van der Waals surface area contributed by atoms with Crippen molar-refractivity contribution in [3.05, 3.63) is 0 Å². The lowest BCUT2D eigenvalue weighted by Gasteiger charge is -2.04. The lowest BCUT2D eigenvalue weighted by atomic mass is 10.3. The van der Waals surface area contributed by atoms with Crippen molar-refractivity contribution >= 4 is 7.60 Å². The molecule has 0 saturated heterocycles. The minimum absolute atomic E-state index is 0.0390. The maximum absolute atomic E-state index is 10.5. The highest BCUT2D eigenvalue weighted by Crippen LogP contribution is 2.41. The third kappa shape index (κ3) is 4.94. The molecular formula is C5H13O4P. The second kappa shape index (κ2) is 4.85. The minimum atomic E-state index is -3.65. The van der Waals surface area contributed by atoms with Crippen LogP contribution in [0, 0.1) is 0 Å². The van der Waals surface area contributed by atoms with E-state index in [4.69, 9.17) is 10.2 Å². The van der Waals surface area contributed by atoms with Gasteiger partial charge in [-0.2, -0.15) is 4.67 Å². The van der Waals surface area contributed by atoms with Crippen molar-refractivity contribution in [2.45, 2.75) is 26.2 Å². The molecule has 0 aliphatic rings. The Morgan fingerprint density at radius 3 is 2.50 bits per heavy atom. The number of hydrogen-bond acceptors (Lipinski definition) is 3. The summed E-state index contributed by atoms with van der Waals surface area (Å²) in [5, 5.41) is 7.88. The van der Waals surface area contributed by atoms with Gasteiger partial charge in [0, 0.05) is 0 Å². The smallest absolute Gasteiger partial charge is 0.323 e. The van der Waals surface area contributed by atoms with Crippen LogP contribution >= 0.6 is 7.60 Å². The molecule has 0 aliphatic carbocycles. The third-order valence-electron chi connectivity index (χ3n) is 1.17. The van der Waals surface area contributed by atoms with Crippen LogP contribution in [-0.4, -0.2) is 16.3 Å². The molecule has 62 valence electrons. The van der Waals surface area contributed by atoms with Crippen LogP contribution in [0.2, 0.25) is 0 Å². The summed E-state index contributed by atoms with van der Waals surface area (Å²) < 4.78 is 13.9. The van der Waals surface area contributed by atoms with Gasteiger partial charge in [-0.3, -0.25) is 4.57 Å². The normalized spacial score (nSPS) is 16.7. The van der Waals surface area contributed by atoms with Gasteiger partial charge in [0.1, 0.15) is 0 Å². The van der Waals surface area contributed by atoms with E-state index < -0.39 is 7.60 Å². The largest absolute Gasteiger partial charge is 0.355 e. The number of rotatable bonds is 5. The highest BCUT2D eigenvalue weighted by Gasteiger charge is 2.17. The first-order valence-electron chi connectivity index (χ1n) is 3.27. The lowest BCUT2D eigenvalue weighted by molar-refractivity contribution is -0.145. The van der Waals surface area contributed by atoms with Gasteiger partial charge in [-0.25, -0.2) is 5.26 Å². The topological polar surface area (TPSA) is 66.8 Å². The van der Waals surface area contributed by atoms with E-state index >= 15 is 0 Å². The van der Waals surface area contributed by atoms with E-state index in [0.717, 1.165) is 12.8 Å². The van der Waals surface area contributed by atoms with Crippen molar-refractivity contribution in [2.75, 3.05) is 6.16 Å². The zero-order chi connectivity index (χ0) is 8.04. The molecule has 0 fully saturated rings. The molecule has 10 heavy (non-hydrogen) atoms. The molecule has 0 aromatic carbocycles. The van der Waals surface area contributed by atoms with Gasteiger partial charge in [0.2, 0.25) is 0 Å². The van der Waals surface area contributed by atoms with Crippen LogP contribution in [0.25, 0.3) is 0 Å². The molecule has 0 aromatic rings. The van der Waals surface area contributed by atoms with Gasteiger partial charge in [0.05, 0.1) is 6.16 Å². The average Bonchev–Trinajstić information content (AvgIpc) is 1.89. The standard InChI is InChI=1S/C5H13O4P/c1-2-3-4-5-10(7,8)9-6/h6H,2-5H2,1H3,(H,7,8). The van der Waals surface area contributed by atoms with Crippen LogP contribution in [0.1, 0.15) is 26.2 Å². The summed E-state index contributed by atoms with van der Waals surface area (Å²) in [5.41, 5.74) is 0. The van der Waals surface area contributed by atoms with Gasteiger partial charge in [-0.15, -0.1) is 0 Å². The maximum Gasteiger partial charge on any atom is 0.355 e. The van der Waals surface area contributed by atoms with Crippen molar-refractivity contribution < 1.29 is 19.4 Å². The Balaban J connectivity index is 3.38. The highest BCUT2D eigenvalue weighted by atomic mass is 31.2. The molecule has 0 amide bonds. The summed E-state index contributed by atoms with van der Waals surface area (Å²) in [7, 11) is -3.65. The summed E-state index contributed by atoms with van der Waals surface area (Å²) in [6.45, 7) is 1.99. The van der Waals surface area contributed by atoms with E-state index in [9.17, 15) is 4.57 Å². The molecule has 4 nitrogen and oxygen atoms in total. The SMILES string of the molecule is CCCCCP(=O)(O)OO. The number of unbranched alkanes of at least 4 members (excludes halogenated alkanes) is 2. The molecule has 1 unspecified atom stereocenters. The maximum atomic E-state index is 10.5. The van der Waals surface area contributed by atoms with E-state index in [0.29, 0.717) is 6.42 Å². The Bertz CT molecular complexity index is 125. The fourth-order valence-corrected chi connectivity index (χ4v) is 1.31. The molecule has 0 rings (SSSR count). The molecule has 5 heteroatoms. The third-order valence-corrected chi connectivity index (χ3v) is 2.31. The van der Waals surface area contributed by atoms with Crippen molar-refractivity contribution in [3.8, 4) is 0 Å². The van der Waals surface area contributed by atoms with E-state index in [2.05, 4.69) is 4.67 Å². The molecule has 0 bridgehead atoms. The van der Waals surface area contributed by atoms with Crippen LogP contribution in [-0.2, 0) is 9.24 Å². The molecular weight excluding hydrogens is 155 g/mol. The van der Waals surface area contributed by atoms with Crippen molar-refractivity contribution in [1.82, 2.24) is 0 Å². The van der Waals surface area contributed by atoms with Gasteiger partial charge < -0.3 is 4.89 Å². The molecule has 0 saturated carbocycles. The quantitative estimate of drug-likeness (QED) is 0.284. The Morgan fingerprint density at radius 2 is 2.10 bits per heavy atom. The first-order chi connectivity index (χ1) is 4.62.